The second-order valence-electron chi connectivity index (χ2n) is 3.62. The van der Waals surface area contributed by atoms with Gasteiger partial charge in [-0.2, -0.15) is 10.1 Å². The zero-order chi connectivity index (χ0) is 9.31. The van der Waals surface area contributed by atoms with Gasteiger partial charge in [-0.05, 0) is 18.1 Å². The molecule has 0 unspecified atom stereocenters. The Hall–Kier alpha value is -1.44. The van der Waals surface area contributed by atoms with Crippen LogP contribution < -0.4 is 0 Å². The quantitative estimate of drug-likeness (QED) is 0.657. The minimum Gasteiger partial charge on any atom is -0.198 e. The molecular formula is C8H11N5. The molecule has 0 saturated heterocycles. The predicted molar refractivity (Wildman–Crippen MR) is 44.4 cm³/mol. The van der Waals surface area contributed by atoms with Gasteiger partial charge in [-0.1, -0.05) is 6.42 Å². The van der Waals surface area contributed by atoms with Crippen LogP contribution >= 0.6 is 0 Å². The minimum atomic E-state index is -0.191. The third-order valence-corrected chi connectivity index (χ3v) is 2.59. The summed E-state index contributed by atoms with van der Waals surface area (Å²) in [5.74, 6) is 0.684. The molecule has 1 aromatic rings. The van der Waals surface area contributed by atoms with Gasteiger partial charge in [-0.3, -0.25) is 0 Å². The van der Waals surface area contributed by atoms with Gasteiger partial charge in [0.25, 0.3) is 0 Å². The molecule has 0 radical (unpaired) electrons. The summed E-state index contributed by atoms with van der Waals surface area (Å²) in [4.78, 5) is 1.43. The standard InChI is InChI=1S/C8H11N5/c1-13-11-7(10-12-13)5-8(6-9)3-2-4-8/h2-5H2,1H3. The van der Waals surface area contributed by atoms with E-state index in [1.807, 2.05) is 0 Å². The van der Waals surface area contributed by atoms with Crippen molar-refractivity contribution < 1.29 is 0 Å². The summed E-state index contributed by atoms with van der Waals surface area (Å²) in [5, 5.41) is 20.7. The van der Waals surface area contributed by atoms with Crippen molar-refractivity contribution in [3.05, 3.63) is 5.82 Å². The van der Waals surface area contributed by atoms with Crippen LogP contribution in [0.25, 0.3) is 0 Å². The monoisotopic (exact) mass is 177 g/mol. The summed E-state index contributed by atoms with van der Waals surface area (Å²) in [6.45, 7) is 0. The number of rotatable bonds is 2. The highest BCUT2D eigenvalue weighted by Gasteiger charge is 2.38. The molecule has 13 heavy (non-hydrogen) atoms. The van der Waals surface area contributed by atoms with E-state index in [4.69, 9.17) is 5.26 Å². The molecule has 1 aliphatic carbocycles. The van der Waals surface area contributed by atoms with E-state index in [0.29, 0.717) is 12.2 Å². The van der Waals surface area contributed by atoms with Gasteiger partial charge >= 0.3 is 0 Å². The van der Waals surface area contributed by atoms with Crippen LogP contribution in [0, 0.1) is 16.7 Å². The predicted octanol–water partition coefficient (Wildman–Crippen LogP) is 0.446. The van der Waals surface area contributed by atoms with Gasteiger partial charge in [-0.25, -0.2) is 0 Å². The fourth-order valence-electron chi connectivity index (χ4n) is 1.63. The van der Waals surface area contributed by atoms with Gasteiger partial charge in [0.1, 0.15) is 0 Å². The summed E-state index contributed by atoms with van der Waals surface area (Å²) >= 11 is 0. The van der Waals surface area contributed by atoms with Gasteiger partial charge in [0.2, 0.25) is 0 Å². The van der Waals surface area contributed by atoms with Crippen LogP contribution in [0.2, 0.25) is 0 Å². The largest absolute Gasteiger partial charge is 0.198 e. The van der Waals surface area contributed by atoms with Crippen LogP contribution in [0.15, 0.2) is 0 Å². The number of aromatic nitrogens is 4. The summed E-state index contributed by atoms with van der Waals surface area (Å²) in [6, 6.07) is 2.36. The third kappa shape index (κ3) is 1.39. The van der Waals surface area contributed by atoms with E-state index in [0.717, 1.165) is 19.3 Å². The Bertz CT molecular complexity index is 344. The molecule has 5 heteroatoms. The number of tetrazole rings is 1. The Balaban J connectivity index is 2.09. The maximum Gasteiger partial charge on any atom is 0.176 e. The molecule has 1 aromatic heterocycles. The van der Waals surface area contributed by atoms with Gasteiger partial charge in [0.15, 0.2) is 5.82 Å². The fraction of sp³-hybridized carbons (Fsp3) is 0.750. The maximum atomic E-state index is 8.97. The van der Waals surface area contributed by atoms with Crippen molar-refractivity contribution in [3.8, 4) is 6.07 Å². The maximum absolute atomic E-state index is 8.97. The first kappa shape index (κ1) is 8.17. The minimum absolute atomic E-state index is 0.191. The Morgan fingerprint density at radius 1 is 1.62 bits per heavy atom. The van der Waals surface area contributed by atoms with E-state index in [2.05, 4.69) is 21.5 Å². The van der Waals surface area contributed by atoms with Gasteiger partial charge in [-0.15, -0.1) is 10.2 Å². The molecular weight excluding hydrogens is 166 g/mol. The number of aryl methyl sites for hydroxylation is 1. The third-order valence-electron chi connectivity index (χ3n) is 2.59. The summed E-state index contributed by atoms with van der Waals surface area (Å²) in [5.41, 5.74) is -0.191. The average molecular weight is 177 g/mol. The molecule has 0 bridgehead atoms. The lowest BCUT2D eigenvalue weighted by Crippen LogP contribution is -2.30. The van der Waals surface area contributed by atoms with Crippen molar-refractivity contribution in [3.63, 3.8) is 0 Å². The molecule has 68 valence electrons. The van der Waals surface area contributed by atoms with E-state index in [-0.39, 0.29) is 5.41 Å². The molecule has 5 nitrogen and oxygen atoms in total. The first-order valence-electron chi connectivity index (χ1n) is 4.38. The molecule has 0 amide bonds. The van der Waals surface area contributed by atoms with E-state index in [9.17, 15) is 0 Å². The average Bonchev–Trinajstić information content (AvgIpc) is 2.44. The van der Waals surface area contributed by atoms with E-state index in [1.165, 1.54) is 4.80 Å². The molecule has 1 saturated carbocycles. The van der Waals surface area contributed by atoms with Crippen molar-refractivity contribution >= 4 is 0 Å². The molecule has 0 spiro atoms. The zero-order valence-corrected chi connectivity index (χ0v) is 7.56. The first-order valence-corrected chi connectivity index (χ1v) is 4.38. The van der Waals surface area contributed by atoms with Crippen LogP contribution in [0.4, 0.5) is 0 Å². The van der Waals surface area contributed by atoms with Crippen LogP contribution in [0.5, 0.6) is 0 Å². The first-order chi connectivity index (χ1) is 6.24. The van der Waals surface area contributed by atoms with E-state index >= 15 is 0 Å². The SMILES string of the molecule is Cn1nnc(CC2(C#N)CCC2)n1. The Morgan fingerprint density at radius 2 is 2.38 bits per heavy atom. The summed E-state index contributed by atoms with van der Waals surface area (Å²) < 4.78 is 0. The highest BCUT2D eigenvalue weighted by Crippen LogP contribution is 2.42. The van der Waals surface area contributed by atoms with Gasteiger partial charge in [0.05, 0.1) is 18.5 Å². The van der Waals surface area contributed by atoms with E-state index < -0.39 is 0 Å². The molecule has 0 aromatic carbocycles. The zero-order valence-electron chi connectivity index (χ0n) is 7.56. The van der Waals surface area contributed by atoms with Gasteiger partial charge in [0, 0.05) is 6.42 Å². The van der Waals surface area contributed by atoms with Crippen molar-refractivity contribution in [2.24, 2.45) is 12.5 Å². The number of hydrogen-bond acceptors (Lipinski definition) is 4. The van der Waals surface area contributed by atoms with Crippen LogP contribution in [-0.2, 0) is 13.5 Å². The lowest BCUT2D eigenvalue weighted by molar-refractivity contribution is 0.210. The van der Waals surface area contributed by atoms with E-state index in [1.54, 1.807) is 7.05 Å². The Kier molecular flexibility index (Phi) is 1.76. The van der Waals surface area contributed by atoms with Crippen molar-refractivity contribution in [2.45, 2.75) is 25.7 Å². The highest BCUT2D eigenvalue weighted by atomic mass is 15.6. The number of hydrogen-bond donors (Lipinski definition) is 0. The molecule has 0 atom stereocenters. The lowest BCUT2D eigenvalue weighted by atomic mass is 9.68. The van der Waals surface area contributed by atoms with Crippen LogP contribution in [-0.4, -0.2) is 20.2 Å². The van der Waals surface area contributed by atoms with Crippen LogP contribution in [0.1, 0.15) is 25.1 Å². The lowest BCUT2D eigenvalue weighted by Gasteiger charge is -2.33. The van der Waals surface area contributed by atoms with Crippen LogP contribution in [0.3, 0.4) is 0 Å². The fourth-order valence-corrected chi connectivity index (χ4v) is 1.63. The topological polar surface area (TPSA) is 67.4 Å². The Morgan fingerprint density at radius 3 is 2.77 bits per heavy atom. The van der Waals surface area contributed by atoms with Gasteiger partial charge < -0.3 is 0 Å². The number of nitriles is 1. The molecule has 1 aliphatic rings. The Labute approximate surface area is 76.4 Å². The second-order valence-corrected chi connectivity index (χ2v) is 3.62. The molecule has 0 N–H and O–H groups in total. The van der Waals surface area contributed by atoms with Crippen molar-refractivity contribution in [2.75, 3.05) is 0 Å². The molecule has 1 fully saturated rings. The molecule has 0 aliphatic heterocycles. The normalized spacial score (nSPS) is 19.1. The molecule has 1 heterocycles. The summed E-state index contributed by atoms with van der Waals surface area (Å²) in [6.07, 6.45) is 3.74. The molecule has 2 rings (SSSR count). The summed E-state index contributed by atoms with van der Waals surface area (Å²) in [7, 11) is 1.73. The van der Waals surface area contributed by atoms with Crippen molar-refractivity contribution in [1.82, 2.24) is 20.2 Å². The van der Waals surface area contributed by atoms with Crippen molar-refractivity contribution in [1.29, 1.82) is 5.26 Å². The highest BCUT2D eigenvalue weighted by molar-refractivity contribution is 5.08. The number of nitrogens with zero attached hydrogens (tertiary/aromatic N) is 5. The second kappa shape index (κ2) is 2.80. The smallest absolute Gasteiger partial charge is 0.176 e.